The first-order valence-electron chi connectivity index (χ1n) is 13.1. The summed E-state index contributed by atoms with van der Waals surface area (Å²) in [5.74, 6) is 1.08. The third-order valence-corrected chi connectivity index (χ3v) is 7.20. The van der Waals surface area contributed by atoms with Crippen molar-refractivity contribution < 1.29 is 22.1 Å². The van der Waals surface area contributed by atoms with E-state index in [0.29, 0.717) is 29.5 Å². The fourth-order valence-electron chi connectivity index (χ4n) is 4.75. The molecule has 0 spiro atoms. The molecule has 5 rings (SSSR count). The number of allylic oxidation sites excluding steroid dienone is 1. The molecule has 2 N–H and O–H groups in total. The van der Waals surface area contributed by atoms with Crippen molar-refractivity contribution in [2.75, 3.05) is 49.5 Å². The van der Waals surface area contributed by atoms with E-state index in [0.717, 1.165) is 0 Å². The minimum absolute atomic E-state index is 0.150. The normalized spacial score (nSPS) is 15.9. The SMILES string of the molecule is C=CCn1c(=O)c2cnc(Nc3ccc(N4CCNC(C(F)(F)F)C4)c(OC)c3)nc2n1-c1cccc(N=S(C)(C)=O)n1. The number of anilines is 3. The van der Waals surface area contributed by atoms with Crippen LogP contribution in [-0.4, -0.2) is 80.0 Å². The predicted molar refractivity (Wildman–Crippen MR) is 160 cm³/mol. The number of benzene rings is 1. The number of ether oxygens (including phenoxy) is 1. The Morgan fingerprint density at radius 3 is 2.74 bits per heavy atom. The topological polar surface area (TPSA) is 132 Å². The van der Waals surface area contributed by atoms with E-state index in [4.69, 9.17) is 4.74 Å². The summed E-state index contributed by atoms with van der Waals surface area (Å²) in [6.07, 6.45) is 1.58. The molecule has 3 aromatic heterocycles. The number of nitrogens with one attached hydrogen (secondary N) is 2. The second-order valence-electron chi connectivity index (χ2n) is 10.1. The third-order valence-electron chi connectivity index (χ3n) is 6.57. The Morgan fingerprint density at radius 1 is 1.26 bits per heavy atom. The lowest BCUT2D eigenvalue weighted by atomic mass is 10.1. The summed E-state index contributed by atoms with van der Waals surface area (Å²) in [7, 11) is -1.04. The van der Waals surface area contributed by atoms with Crippen molar-refractivity contribution in [3.8, 4) is 11.6 Å². The molecular formula is C27H30F3N9O3S. The molecule has 12 nitrogen and oxygen atoms in total. The van der Waals surface area contributed by atoms with Gasteiger partial charge in [-0.3, -0.25) is 4.79 Å². The van der Waals surface area contributed by atoms with Crippen molar-refractivity contribution >= 4 is 43.9 Å². The Hall–Kier alpha value is -4.44. The van der Waals surface area contributed by atoms with Crippen LogP contribution in [0.1, 0.15) is 0 Å². The standard InChI is InChI=1S/C27H30F3N9O3S/c1-5-12-38-25(40)18-15-32-26(35-24(18)39(38)23-8-6-7-22(34-23)36-43(3,4)41)33-17-9-10-19(20(14-17)42-2)37-13-11-31-21(16-37)27(28,29)30/h5-10,14-15,21,31H,1,11-13,16H2,2-4H3,(H,32,33,35). The number of hydrogen-bond donors (Lipinski definition) is 2. The summed E-state index contributed by atoms with van der Waals surface area (Å²) in [6, 6.07) is 8.32. The van der Waals surface area contributed by atoms with Crippen LogP contribution in [0.25, 0.3) is 16.9 Å². The molecule has 0 saturated carbocycles. The van der Waals surface area contributed by atoms with E-state index in [1.165, 1.54) is 35.2 Å². The molecule has 4 heterocycles. The maximum Gasteiger partial charge on any atom is 0.405 e. The van der Waals surface area contributed by atoms with Crippen molar-refractivity contribution in [2.45, 2.75) is 18.8 Å². The molecule has 1 aliphatic heterocycles. The number of methoxy groups -OCH3 is 1. The van der Waals surface area contributed by atoms with Gasteiger partial charge in [0, 0.05) is 59.8 Å². The number of fused-ring (bicyclic) bond motifs is 1. The molecule has 1 aromatic carbocycles. The van der Waals surface area contributed by atoms with Gasteiger partial charge in [0.05, 0.1) is 19.3 Å². The van der Waals surface area contributed by atoms with Crippen LogP contribution in [0.2, 0.25) is 0 Å². The number of halogens is 3. The first-order valence-corrected chi connectivity index (χ1v) is 15.4. The van der Waals surface area contributed by atoms with Gasteiger partial charge in [0.1, 0.15) is 17.2 Å². The van der Waals surface area contributed by atoms with E-state index in [-0.39, 0.29) is 48.0 Å². The maximum atomic E-state index is 13.3. The Bertz CT molecular complexity index is 1850. The van der Waals surface area contributed by atoms with Crippen LogP contribution in [0.4, 0.5) is 36.3 Å². The van der Waals surface area contributed by atoms with Gasteiger partial charge >= 0.3 is 6.18 Å². The molecule has 0 bridgehead atoms. The first kappa shape index (κ1) is 30.0. The monoisotopic (exact) mass is 617 g/mol. The van der Waals surface area contributed by atoms with Gasteiger partial charge in [0.2, 0.25) is 5.95 Å². The van der Waals surface area contributed by atoms with E-state index >= 15 is 0 Å². The Labute approximate surface area is 245 Å². The number of alkyl halides is 3. The summed E-state index contributed by atoms with van der Waals surface area (Å²) in [4.78, 5) is 28.3. The zero-order valence-corrected chi connectivity index (χ0v) is 24.4. The summed E-state index contributed by atoms with van der Waals surface area (Å²) in [5.41, 5.74) is 0.932. The lowest BCUT2D eigenvalue weighted by molar-refractivity contribution is -0.155. The number of pyridine rings is 1. The van der Waals surface area contributed by atoms with Gasteiger partial charge in [0.25, 0.3) is 5.56 Å². The summed E-state index contributed by atoms with van der Waals surface area (Å²) in [5, 5.41) is 5.82. The molecule has 1 unspecified atom stereocenters. The zero-order valence-electron chi connectivity index (χ0n) is 23.6. The molecule has 0 radical (unpaired) electrons. The number of aromatic nitrogens is 5. The van der Waals surface area contributed by atoms with Crippen LogP contribution in [0, 0.1) is 0 Å². The number of nitrogens with zero attached hydrogens (tertiary/aromatic N) is 7. The molecule has 1 atom stereocenters. The highest BCUT2D eigenvalue weighted by Crippen LogP contribution is 2.34. The van der Waals surface area contributed by atoms with E-state index < -0.39 is 21.9 Å². The van der Waals surface area contributed by atoms with Crippen molar-refractivity contribution in [2.24, 2.45) is 4.36 Å². The highest BCUT2D eigenvalue weighted by molar-refractivity contribution is 7.92. The van der Waals surface area contributed by atoms with Gasteiger partial charge in [-0.2, -0.15) is 22.5 Å². The first-order chi connectivity index (χ1) is 20.4. The highest BCUT2D eigenvalue weighted by atomic mass is 32.2. The van der Waals surface area contributed by atoms with Crippen LogP contribution >= 0.6 is 0 Å². The molecule has 0 amide bonds. The van der Waals surface area contributed by atoms with Crippen molar-refractivity contribution in [3.63, 3.8) is 0 Å². The average Bonchev–Trinajstić information content (AvgIpc) is 3.22. The van der Waals surface area contributed by atoms with E-state index in [2.05, 4.69) is 36.5 Å². The van der Waals surface area contributed by atoms with Gasteiger partial charge in [-0.15, -0.1) is 6.58 Å². The van der Waals surface area contributed by atoms with E-state index in [9.17, 15) is 22.2 Å². The van der Waals surface area contributed by atoms with Gasteiger partial charge in [0.15, 0.2) is 17.3 Å². The highest BCUT2D eigenvalue weighted by Gasteiger charge is 2.42. The largest absolute Gasteiger partial charge is 0.495 e. The zero-order chi connectivity index (χ0) is 30.9. The Balaban J connectivity index is 1.51. The van der Waals surface area contributed by atoms with Gasteiger partial charge < -0.3 is 20.3 Å². The third kappa shape index (κ3) is 6.49. The van der Waals surface area contributed by atoms with Crippen LogP contribution in [0.5, 0.6) is 5.75 Å². The summed E-state index contributed by atoms with van der Waals surface area (Å²) in [6.45, 7) is 4.20. The summed E-state index contributed by atoms with van der Waals surface area (Å²) < 4.78 is 64.8. The van der Waals surface area contributed by atoms with Crippen LogP contribution < -0.4 is 25.8 Å². The smallest absolute Gasteiger partial charge is 0.405 e. The summed E-state index contributed by atoms with van der Waals surface area (Å²) >= 11 is 0. The van der Waals surface area contributed by atoms with Crippen molar-refractivity contribution in [3.05, 3.63) is 65.6 Å². The fourth-order valence-corrected chi connectivity index (χ4v) is 5.30. The number of piperazine rings is 1. The van der Waals surface area contributed by atoms with Crippen molar-refractivity contribution in [1.29, 1.82) is 0 Å². The Morgan fingerprint density at radius 2 is 2.05 bits per heavy atom. The van der Waals surface area contributed by atoms with Gasteiger partial charge in [-0.25, -0.2) is 23.5 Å². The molecule has 16 heteroatoms. The quantitative estimate of drug-likeness (QED) is 0.285. The molecule has 1 fully saturated rings. The lowest BCUT2D eigenvalue weighted by Gasteiger charge is -2.36. The second-order valence-corrected chi connectivity index (χ2v) is 12.6. The fraction of sp³-hybridized carbons (Fsp3) is 0.333. The molecule has 1 saturated heterocycles. The van der Waals surface area contributed by atoms with Crippen molar-refractivity contribution in [1.82, 2.24) is 29.6 Å². The van der Waals surface area contributed by atoms with Crippen LogP contribution in [0.15, 0.2) is 64.4 Å². The number of rotatable bonds is 8. The molecule has 43 heavy (non-hydrogen) atoms. The number of hydrogen-bond acceptors (Lipinski definition) is 10. The van der Waals surface area contributed by atoms with E-state index in [1.54, 1.807) is 47.4 Å². The second kappa shape index (κ2) is 11.7. The van der Waals surface area contributed by atoms with Gasteiger partial charge in [-0.1, -0.05) is 12.1 Å². The van der Waals surface area contributed by atoms with Crippen LogP contribution in [0.3, 0.4) is 0 Å². The van der Waals surface area contributed by atoms with Gasteiger partial charge in [-0.05, 0) is 24.3 Å². The average molecular weight is 618 g/mol. The molecule has 228 valence electrons. The minimum Gasteiger partial charge on any atom is -0.495 e. The predicted octanol–water partition coefficient (Wildman–Crippen LogP) is 3.62. The Kier molecular flexibility index (Phi) is 8.16. The maximum absolute atomic E-state index is 13.3. The van der Waals surface area contributed by atoms with E-state index in [1.807, 2.05) is 0 Å². The molecule has 1 aliphatic rings. The minimum atomic E-state index is -4.37. The lowest BCUT2D eigenvalue weighted by Crippen LogP contribution is -2.57. The molecular weight excluding hydrogens is 587 g/mol. The van der Waals surface area contributed by atoms with Crippen LogP contribution in [-0.2, 0) is 16.3 Å². The molecule has 4 aromatic rings. The molecule has 0 aliphatic carbocycles.